The zero-order chi connectivity index (χ0) is 20.7. The zero-order valence-electron chi connectivity index (χ0n) is 15.4. The molecule has 0 aromatic heterocycles. The number of ketones is 1. The molecule has 28 heavy (non-hydrogen) atoms. The molecule has 8 heteroatoms. The molecule has 146 valence electrons. The smallest absolute Gasteiger partial charge is 0.325 e. The summed E-state index contributed by atoms with van der Waals surface area (Å²) in [5.41, 5.74) is 1.84. The number of hydrogen-bond donors (Lipinski definition) is 1. The number of carbonyl (C=O) groups is 2. The van der Waals surface area contributed by atoms with Crippen molar-refractivity contribution in [3.8, 4) is 0 Å². The molecule has 0 radical (unpaired) electrons. The second-order valence-electron chi connectivity index (χ2n) is 5.87. The highest BCUT2D eigenvalue weighted by Gasteiger charge is 2.16. The number of benzene rings is 2. The van der Waals surface area contributed by atoms with Crippen LogP contribution in [0, 0.1) is 17.0 Å². The SMILES string of the molecule is CCOC(=O)CN/C(=C/C(=O)c1cc([N+](=O)[O-])ccc1Cl)c1ccc(C)cc1. The Balaban J connectivity index is 2.38. The number of esters is 1. The first kappa shape index (κ1) is 21.1. The summed E-state index contributed by atoms with van der Waals surface area (Å²) in [6, 6.07) is 11.0. The average Bonchev–Trinajstić information content (AvgIpc) is 2.66. The summed E-state index contributed by atoms with van der Waals surface area (Å²) in [7, 11) is 0. The Kier molecular flexibility index (Phi) is 7.28. The molecule has 0 heterocycles. The third-order valence-electron chi connectivity index (χ3n) is 3.79. The van der Waals surface area contributed by atoms with Crippen LogP contribution in [-0.4, -0.2) is 29.8 Å². The fraction of sp³-hybridized carbons (Fsp3) is 0.200. The van der Waals surface area contributed by atoms with Crippen LogP contribution in [0.1, 0.15) is 28.4 Å². The normalized spacial score (nSPS) is 11.0. The fourth-order valence-electron chi connectivity index (χ4n) is 2.37. The Labute approximate surface area is 167 Å². The van der Waals surface area contributed by atoms with Gasteiger partial charge in [-0.25, -0.2) is 0 Å². The van der Waals surface area contributed by atoms with Crippen LogP contribution in [0.4, 0.5) is 5.69 Å². The number of allylic oxidation sites excluding steroid dienone is 1. The number of non-ortho nitro benzene ring substituents is 1. The molecule has 0 aliphatic carbocycles. The largest absolute Gasteiger partial charge is 0.465 e. The van der Waals surface area contributed by atoms with Gasteiger partial charge in [0.05, 0.1) is 16.6 Å². The molecule has 2 aromatic rings. The molecule has 2 rings (SSSR count). The molecular weight excluding hydrogens is 384 g/mol. The van der Waals surface area contributed by atoms with Gasteiger partial charge in [-0.15, -0.1) is 0 Å². The van der Waals surface area contributed by atoms with Crippen LogP contribution in [0.2, 0.25) is 5.02 Å². The van der Waals surface area contributed by atoms with E-state index in [-0.39, 0.29) is 29.4 Å². The van der Waals surface area contributed by atoms with Crippen molar-refractivity contribution in [1.82, 2.24) is 5.32 Å². The van der Waals surface area contributed by atoms with E-state index in [0.717, 1.165) is 11.6 Å². The van der Waals surface area contributed by atoms with Crippen molar-refractivity contribution in [2.75, 3.05) is 13.2 Å². The van der Waals surface area contributed by atoms with Crippen molar-refractivity contribution in [1.29, 1.82) is 0 Å². The Morgan fingerprint density at radius 1 is 1.21 bits per heavy atom. The molecule has 0 saturated heterocycles. The standard InChI is InChI=1S/C20H19ClN2O5/c1-3-28-20(25)12-22-18(14-6-4-13(2)5-7-14)11-19(24)16-10-15(23(26)27)8-9-17(16)21/h4-11,22H,3,12H2,1-2H3/b18-11+. The lowest BCUT2D eigenvalue weighted by Gasteiger charge is -2.12. The summed E-state index contributed by atoms with van der Waals surface area (Å²) in [6.45, 7) is 3.73. The molecule has 0 amide bonds. The fourth-order valence-corrected chi connectivity index (χ4v) is 2.58. The Morgan fingerprint density at radius 2 is 1.89 bits per heavy atom. The second kappa shape index (κ2) is 9.66. The third-order valence-corrected chi connectivity index (χ3v) is 4.12. The summed E-state index contributed by atoms with van der Waals surface area (Å²) in [5.74, 6) is -0.998. The number of carbonyl (C=O) groups excluding carboxylic acids is 2. The van der Waals surface area contributed by atoms with Crippen molar-refractivity contribution in [3.63, 3.8) is 0 Å². The average molecular weight is 403 g/mol. The molecule has 0 saturated carbocycles. The molecular formula is C20H19ClN2O5. The van der Waals surface area contributed by atoms with Crippen LogP contribution in [0.25, 0.3) is 5.70 Å². The first-order valence-corrected chi connectivity index (χ1v) is 8.86. The van der Waals surface area contributed by atoms with Gasteiger partial charge in [-0.3, -0.25) is 19.7 Å². The predicted molar refractivity (Wildman–Crippen MR) is 106 cm³/mol. The molecule has 2 aromatic carbocycles. The van der Waals surface area contributed by atoms with E-state index in [1.807, 2.05) is 19.1 Å². The maximum absolute atomic E-state index is 12.7. The van der Waals surface area contributed by atoms with E-state index in [1.165, 1.54) is 18.2 Å². The van der Waals surface area contributed by atoms with Gasteiger partial charge in [-0.1, -0.05) is 41.4 Å². The number of ether oxygens (including phenoxy) is 1. The Bertz CT molecular complexity index is 923. The van der Waals surface area contributed by atoms with Gasteiger partial charge in [0.1, 0.15) is 6.54 Å². The lowest BCUT2D eigenvalue weighted by molar-refractivity contribution is -0.384. The second-order valence-corrected chi connectivity index (χ2v) is 6.28. The number of nitrogens with one attached hydrogen (secondary N) is 1. The van der Waals surface area contributed by atoms with Crippen LogP contribution in [0.15, 0.2) is 48.5 Å². The summed E-state index contributed by atoms with van der Waals surface area (Å²) >= 11 is 6.05. The highest BCUT2D eigenvalue weighted by atomic mass is 35.5. The number of nitro groups is 1. The number of hydrogen-bond acceptors (Lipinski definition) is 6. The maximum Gasteiger partial charge on any atom is 0.325 e. The molecule has 0 atom stereocenters. The van der Waals surface area contributed by atoms with Crippen LogP contribution in [0.3, 0.4) is 0 Å². The van der Waals surface area contributed by atoms with Crippen LogP contribution in [-0.2, 0) is 9.53 Å². The van der Waals surface area contributed by atoms with Gasteiger partial charge in [0.2, 0.25) is 0 Å². The van der Waals surface area contributed by atoms with Gasteiger partial charge < -0.3 is 10.1 Å². The lowest BCUT2D eigenvalue weighted by atomic mass is 10.0. The molecule has 0 spiro atoms. The Morgan fingerprint density at radius 3 is 2.50 bits per heavy atom. The van der Waals surface area contributed by atoms with Crippen molar-refractivity contribution in [2.45, 2.75) is 13.8 Å². The summed E-state index contributed by atoms with van der Waals surface area (Å²) in [5, 5.41) is 14.0. The highest BCUT2D eigenvalue weighted by Crippen LogP contribution is 2.24. The van der Waals surface area contributed by atoms with Crippen molar-refractivity contribution >= 4 is 34.7 Å². The van der Waals surface area contributed by atoms with Gasteiger partial charge in [-0.2, -0.15) is 0 Å². The number of rotatable bonds is 8. The first-order valence-electron chi connectivity index (χ1n) is 8.48. The molecule has 7 nitrogen and oxygen atoms in total. The number of halogens is 1. The molecule has 0 bridgehead atoms. The van der Waals surface area contributed by atoms with Gasteiger partial charge in [0, 0.05) is 29.5 Å². The molecule has 0 fully saturated rings. The number of nitrogens with zero attached hydrogens (tertiary/aromatic N) is 1. The van der Waals surface area contributed by atoms with Gasteiger partial charge in [0.25, 0.3) is 5.69 Å². The van der Waals surface area contributed by atoms with Crippen LogP contribution < -0.4 is 5.32 Å². The number of aryl methyl sites for hydroxylation is 1. The summed E-state index contributed by atoms with van der Waals surface area (Å²) < 4.78 is 4.89. The quantitative estimate of drug-likeness (QED) is 0.236. The van der Waals surface area contributed by atoms with Crippen molar-refractivity contribution < 1.29 is 19.2 Å². The van der Waals surface area contributed by atoms with E-state index < -0.39 is 16.7 Å². The molecule has 0 aliphatic heterocycles. The minimum absolute atomic E-state index is 0.00147. The maximum atomic E-state index is 12.7. The van der Waals surface area contributed by atoms with Crippen molar-refractivity contribution in [3.05, 3.63) is 80.4 Å². The van der Waals surface area contributed by atoms with Gasteiger partial charge in [0.15, 0.2) is 5.78 Å². The van der Waals surface area contributed by atoms with E-state index in [2.05, 4.69) is 5.32 Å². The summed E-state index contributed by atoms with van der Waals surface area (Å²) in [4.78, 5) is 34.8. The van der Waals surface area contributed by atoms with E-state index in [4.69, 9.17) is 16.3 Å². The van der Waals surface area contributed by atoms with Crippen LogP contribution >= 0.6 is 11.6 Å². The topological polar surface area (TPSA) is 98.5 Å². The first-order chi connectivity index (χ1) is 13.3. The van der Waals surface area contributed by atoms with E-state index in [1.54, 1.807) is 19.1 Å². The number of nitro benzene ring substituents is 1. The van der Waals surface area contributed by atoms with Crippen LogP contribution in [0.5, 0.6) is 0 Å². The highest BCUT2D eigenvalue weighted by molar-refractivity contribution is 6.34. The molecule has 1 N–H and O–H groups in total. The summed E-state index contributed by atoms with van der Waals surface area (Å²) in [6.07, 6.45) is 1.26. The zero-order valence-corrected chi connectivity index (χ0v) is 16.2. The van der Waals surface area contributed by atoms with E-state index >= 15 is 0 Å². The Hall–Kier alpha value is -3.19. The van der Waals surface area contributed by atoms with E-state index in [0.29, 0.717) is 11.3 Å². The predicted octanol–water partition coefficient (Wildman–Crippen LogP) is 3.93. The monoisotopic (exact) mass is 402 g/mol. The van der Waals surface area contributed by atoms with Crippen molar-refractivity contribution in [2.24, 2.45) is 0 Å². The third kappa shape index (κ3) is 5.65. The van der Waals surface area contributed by atoms with Gasteiger partial charge >= 0.3 is 5.97 Å². The van der Waals surface area contributed by atoms with E-state index in [9.17, 15) is 19.7 Å². The minimum atomic E-state index is -0.600. The minimum Gasteiger partial charge on any atom is -0.465 e. The molecule has 0 unspecified atom stereocenters. The van der Waals surface area contributed by atoms with Gasteiger partial charge in [-0.05, 0) is 25.5 Å². The molecule has 0 aliphatic rings. The lowest BCUT2D eigenvalue weighted by Crippen LogP contribution is -2.24.